The van der Waals surface area contributed by atoms with Gasteiger partial charge in [0.25, 0.3) is 0 Å². The summed E-state index contributed by atoms with van der Waals surface area (Å²) in [6, 6.07) is 12.4. The quantitative estimate of drug-likeness (QED) is 0.821. The fourth-order valence-electron chi connectivity index (χ4n) is 1.75. The molecule has 0 aromatic heterocycles. The minimum atomic E-state index is -0.0235. The summed E-state index contributed by atoms with van der Waals surface area (Å²) < 4.78 is 10.9. The second-order valence-electron chi connectivity index (χ2n) is 4.30. The van der Waals surface area contributed by atoms with Crippen molar-refractivity contribution in [2.45, 2.75) is 6.92 Å². The summed E-state index contributed by atoms with van der Waals surface area (Å²) in [5, 5.41) is 8.67. The van der Waals surface area contributed by atoms with Crippen LogP contribution in [0.5, 0.6) is 17.2 Å². The molecule has 2 aromatic rings. The zero-order valence-electron chi connectivity index (χ0n) is 11.2. The monoisotopic (exact) mass is 272 g/mol. The molecule has 0 saturated heterocycles. The van der Waals surface area contributed by atoms with Crippen molar-refractivity contribution in [1.82, 2.24) is 0 Å². The van der Waals surface area contributed by atoms with Crippen LogP contribution in [0.4, 0.5) is 0 Å². The molecular weight excluding hydrogens is 256 g/mol. The molecule has 20 heavy (non-hydrogen) atoms. The van der Waals surface area contributed by atoms with E-state index in [4.69, 9.17) is 14.6 Å². The van der Waals surface area contributed by atoms with Gasteiger partial charge in [-0.1, -0.05) is 11.6 Å². The highest BCUT2D eigenvalue weighted by Crippen LogP contribution is 2.26. The lowest BCUT2D eigenvalue weighted by molar-refractivity contribution is 0.112. The van der Waals surface area contributed by atoms with Gasteiger partial charge in [0.2, 0.25) is 0 Å². The first-order valence-corrected chi connectivity index (χ1v) is 6.30. The van der Waals surface area contributed by atoms with Gasteiger partial charge in [0.05, 0.1) is 12.2 Å². The third-order valence-corrected chi connectivity index (χ3v) is 2.70. The van der Waals surface area contributed by atoms with E-state index in [1.54, 1.807) is 36.4 Å². The Hall–Kier alpha value is -2.33. The second-order valence-corrected chi connectivity index (χ2v) is 4.30. The molecule has 0 amide bonds. The van der Waals surface area contributed by atoms with E-state index in [1.807, 2.05) is 13.0 Å². The van der Waals surface area contributed by atoms with Crippen molar-refractivity contribution in [2.24, 2.45) is 0 Å². The predicted molar refractivity (Wildman–Crippen MR) is 75.7 cm³/mol. The summed E-state index contributed by atoms with van der Waals surface area (Å²) >= 11 is 0. The fraction of sp³-hybridized carbons (Fsp3) is 0.188. The number of aldehydes is 1. The number of aliphatic hydroxyl groups excluding tert-OH is 1. The van der Waals surface area contributed by atoms with Gasteiger partial charge in [-0.2, -0.15) is 0 Å². The number of carbonyl (C=O) groups is 1. The van der Waals surface area contributed by atoms with Gasteiger partial charge < -0.3 is 14.6 Å². The Morgan fingerprint density at radius 1 is 1.10 bits per heavy atom. The lowest BCUT2D eigenvalue weighted by atomic mass is 10.1. The highest BCUT2D eigenvalue weighted by molar-refractivity contribution is 5.79. The summed E-state index contributed by atoms with van der Waals surface area (Å²) in [7, 11) is 0. The van der Waals surface area contributed by atoms with Gasteiger partial charge in [-0.25, -0.2) is 0 Å². The van der Waals surface area contributed by atoms with Crippen LogP contribution in [-0.2, 0) is 0 Å². The molecule has 0 radical (unpaired) electrons. The van der Waals surface area contributed by atoms with Crippen LogP contribution in [0, 0.1) is 6.92 Å². The van der Waals surface area contributed by atoms with Crippen molar-refractivity contribution in [3.8, 4) is 17.2 Å². The number of carbonyl (C=O) groups excluding carboxylic acids is 1. The molecule has 0 spiro atoms. The average molecular weight is 272 g/mol. The highest BCUT2D eigenvalue weighted by Gasteiger charge is 2.05. The molecule has 2 aromatic carbocycles. The van der Waals surface area contributed by atoms with Crippen molar-refractivity contribution in [2.75, 3.05) is 13.2 Å². The molecule has 4 nitrogen and oxygen atoms in total. The Morgan fingerprint density at radius 2 is 1.80 bits per heavy atom. The summed E-state index contributed by atoms with van der Waals surface area (Å²) in [6.45, 7) is 2.15. The van der Waals surface area contributed by atoms with Crippen molar-refractivity contribution in [3.63, 3.8) is 0 Å². The van der Waals surface area contributed by atoms with Crippen molar-refractivity contribution >= 4 is 6.29 Å². The second kappa shape index (κ2) is 6.73. The highest BCUT2D eigenvalue weighted by atomic mass is 16.5. The lowest BCUT2D eigenvalue weighted by Crippen LogP contribution is -2.01. The summed E-state index contributed by atoms with van der Waals surface area (Å²) in [5.41, 5.74) is 1.53. The molecule has 0 aliphatic rings. The first-order chi connectivity index (χ1) is 9.72. The molecule has 0 saturated carbocycles. The summed E-state index contributed by atoms with van der Waals surface area (Å²) in [6.07, 6.45) is 0.779. The van der Waals surface area contributed by atoms with Gasteiger partial charge in [0, 0.05) is 0 Å². The van der Waals surface area contributed by atoms with Gasteiger partial charge in [-0.05, 0) is 43.3 Å². The maximum atomic E-state index is 11.0. The van der Waals surface area contributed by atoms with Gasteiger partial charge in [-0.3, -0.25) is 4.79 Å². The number of rotatable bonds is 6. The van der Waals surface area contributed by atoms with Crippen LogP contribution in [-0.4, -0.2) is 24.6 Å². The number of hydrogen-bond donors (Lipinski definition) is 1. The van der Waals surface area contributed by atoms with Crippen LogP contribution in [0.15, 0.2) is 42.5 Å². The Bertz CT molecular complexity index is 576. The van der Waals surface area contributed by atoms with Gasteiger partial charge in [0.15, 0.2) is 6.29 Å². The van der Waals surface area contributed by atoms with E-state index in [0.717, 1.165) is 11.8 Å². The SMILES string of the molecule is Cc1ccc(Oc2ccc(OCCO)cc2)c(C=O)c1. The van der Waals surface area contributed by atoms with Gasteiger partial charge in [-0.15, -0.1) is 0 Å². The van der Waals surface area contributed by atoms with E-state index >= 15 is 0 Å². The van der Waals surface area contributed by atoms with Crippen LogP contribution >= 0.6 is 0 Å². The standard InChI is InChI=1S/C16H16O4/c1-12-2-7-16(13(10-12)11-18)20-15-5-3-14(4-6-15)19-9-8-17/h2-7,10-11,17H,8-9H2,1H3. The molecule has 0 aliphatic carbocycles. The molecule has 0 heterocycles. The molecular formula is C16H16O4. The van der Waals surface area contributed by atoms with Crippen LogP contribution in [0.3, 0.4) is 0 Å². The van der Waals surface area contributed by atoms with Crippen LogP contribution in [0.25, 0.3) is 0 Å². The molecule has 4 heteroatoms. The minimum Gasteiger partial charge on any atom is -0.491 e. The van der Waals surface area contributed by atoms with E-state index in [2.05, 4.69) is 0 Å². The first-order valence-electron chi connectivity index (χ1n) is 6.30. The van der Waals surface area contributed by atoms with Crippen LogP contribution < -0.4 is 9.47 Å². The van der Waals surface area contributed by atoms with E-state index in [9.17, 15) is 4.79 Å². The molecule has 0 fully saturated rings. The molecule has 0 bridgehead atoms. The maximum Gasteiger partial charge on any atom is 0.153 e. The maximum absolute atomic E-state index is 11.0. The molecule has 0 atom stereocenters. The van der Waals surface area contributed by atoms with Crippen LogP contribution in [0.1, 0.15) is 15.9 Å². The van der Waals surface area contributed by atoms with Gasteiger partial charge in [0.1, 0.15) is 23.9 Å². The first kappa shape index (κ1) is 14.1. The third kappa shape index (κ3) is 3.59. The van der Waals surface area contributed by atoms with E-state index in [-0.39, 0.29) is 13.2 Å². The number of benzene rings is 2. The number of hydrogen-bond acceptors (Lipinski definition) is 4. The number of aryl methyl sites for hydroxylation is 1. The lowest BCUT2D eigenvalue weighted by Gasteiger charge is -2.09. The Balaban J connectivity index is 2.12. The van der Waals surface area contributed by atoms with E-state index in [1.165, 1.54) is 0 Å². The molecule has 2 rings (SSSR count). The number of ether oxygens (including phenoxy) is 2. The molecule has 104 valence electrons. The van der Waals surface area contributed by atoms with Crippen molar-refractivity contribution < 1.29 is 19.4 Å². The normalized spacial score (nSPS) is 10.1. The zero-order chi connectivity index (χ0) is 14.4. The Morgan fingerprint density at radius 3 is 2.45 bits per heavy atom. The molecule has 0 aliphatic heterocycles. The predicted octanol–water partition coefficient (Wildman–Crippen LogP) is 2.97. The van der Waals surface area contributed by atoms with E-state index in [0.29, 0.717) is 22.8 Å². The minimum absolute atomic E-state index is 0.0235. The Labute approximate surface area is 117 Å². The molecule has 0 unspecified atom stereocenters. The zero-order valence-corrected chi connectivity index (χ0v) is 11.2. The van der Waals surface area contributed by atoms with Crippen molar-refractivity contribution in [1.29, 1.82) is 0 Å². The van der Waals surface area contributed by atoms with Crippen LogP contribution in [0.2, 0.25) is 0 Å². The third-order valence-electron chi connectivity index (χ3n) is 2.70. The number of aliphatic hydroxyl groups is 1. The average Bonchev–Trinajstić information content (AvgIpc) is 2.48. The van der Waals surface area contributed by atoms with Crippen molar-refractivity contribution in [3.05, 3.63) is 53.6 Å². The summed E-state index contributed by atoms with van der Waals surface area (Å²) in [5.74, 6) is 1.80. The smallest absolute Gasteiger partial charge is 0.153 e. The molecule has 1 N–H and O–H groups in total. The topological polar surface area (TPSA) is 55.8 Å². The van der Waals surface area contributed by atoms with Gasteiger partial charge >= 0.3 is 0 Å². The fourth-order valence-corrected chi connectivity index (χ4v) is 1.75. The Kier molecular flexibility index (Phi) is 4.74. The largest absolute Gasteiger partial charge is 0.491 e. The summed E-state index contributed by atoms with van der Waals surface area (Å²) in [4.78, 5) is 11.0. The van der Waals surface area contributed by atoms with E-state index < -0.39 is 0 Å².